The second-order valence-corrected chi connectivity index (χ2v) is 21.3. The van der Waals surface area contributed by atoms with Crippen molar-refractivity contribution >= 4 is 45.6 Å². The van der Waals surface area contributed by atoms with Gasteiger partial charge in [-0.05, 0) is 28.6 Å². The van der Waals surface area contributed by atoms with E-state index in [4.69, 9.17) is 23.8 Å². The summed E-state index contributed by atoms with van der Waals surface area (Å²) in [6.07, 6.45) is 0. The molecule has 0 saturated carbocycles. The number of halogens is 2. The number of hydrogen-bond acceptors (Lipinski definition) is 0. The molecule has 6 heteroatoms. The fourth-order valence-corrected chi connectivity index (χ4v) is 12.9. The van der Waals surface area contributed by atoms with Crippen molar-refractivity contribution in [3.63, 3.8) is 0 Å². The Labute approximate surface area is 255 Å². The molecule has 39 heavy (non-hydrogen) atoms. The zero-order valence-corrected chi connectivity index (χ0v) is 29.7. The third kappa shape index (κ3) is 6.26. The van der Waals surface area contributed by atoms with Crippen LogP contribution in [0.15, 0.2) is 60.7 Å². The van der Waals surface area contributed by atoms with Gasteiger partial charge in [-0.15, -0.1) is 0 Å². The quantitative estimate of drug-likeness (QED) is 0.0931. The molecule has 0 spiro atoms. The van der Waals surface area contributed by atoms with Crippen molar-refractivity contribution in [1.29, 1.82) is 0 Å². The molecule has 0 amide bonds. The van der Waals surface area contributed by atoms with Crippen LogP contribution in [0.5, 0.6) is 0 Å². The van der Waals surface area contributed by atoms with Crippen LogP contribution in [-0.4, -0.2) is 22.6 Å². The first-order chi connectivity index (χ1) is 18.6. The van der Waals surface area contributed by atoms with E-state index in [0.29, 0.717) is 28.6 Å². The molecule has 0 N–H and O–H groups in total. The normalized spacial score (nSPS) is 13.4. The molecule has 0 aromatic heterocycles. The van der Waals surface area contributed by atoms with Crippen molar-refractivity contribution in [3.05, 3.63) is 107 Å². The third-order valence-electron chi connectivity index (χ3n) is 7.59. The molecule has 1 nitrogen and oxygen atoms in total. The number of rotatable bonds is 6. The molecule has 0 heterocycles. The van der Waals surface area contributed by atoms with Crippen LogP contribution >= 0.6 is 35.0 Å². The van der Waals surface area contributed by atoms with E-state index in [1.165, 1.54) is 17.0 Å². The van der Waals surface area contributed by atoms with Gasteiger partial charge < -0.3 is 0 Å². The molecule has 3 aromatic rings. The first-order valence-electron chi connectivity index (χ1n) is 13.5. The van der Waals surface area contributed by atoms with Gasteiger partial charge >= 0.3 is 46.1 Å². The van der Waals surface area contributed by atoms with Gasteiger partial charge in [0, 0.05) is 0 Å². The van der Waals surface area contributed by atoms with Gasteiger partial charge in [-0.25, -0.2) is 0 Å². The van der Waals surface area contributed by atoms with Gasteiger partial charge in [-0.3, -0.25) is 0 Å². The minimum absolute atomic E-state index is 0.244. The first kappa shape index (κ1) is 32.9. The zero-order chi connectivity index (χ0) is 29.0. The van der Waals surface area contributed by atoms with E-state index >= 15 is 0 Å². The molecule has 2 bridgehead atoms. The Balaban J connectivity index is 0.000000787. The first-order valence-corrected chi connectivity index (χ1v) is 22.4. The SMILES string of the molecule is CC(C)P(c1cccc2c1[C-]1c3ccccc3C2c2cccc(P(C(C)C)C(C)C)c21)C(C)C.[C-]#[O+].[Cl][Ir+][Cl]. The topological polar surface area (TPSA) is 19.9 Å². The fraction of sp³-hybridized carbons (Fsp3) is 0.394. The maximum absolute atomic E-state index is 7.50. The summed E-state index contributed by atoms with van der Waals surface area (Å²) in [5.74, 6) is 1.89. The van der Waals surface area contributed by atoms with Crippen molar-refractivity contribution < 1.29 is 20.3 Å². The maximum atomic E-state index is 7.50. The van der Waals surface area contributed by atoms with Gasteiger partial charge in [-0.1, -0.05) is 182 Å². The van der Waals surface area contributed by atoms with Crippen LogP contribution in [0, 0.1) is 12.6 Å². The van der Waals surface area contributed by atoms with E-state index in [1.54, 1.807) is 32.9 Å². The molecule has 0 saturated heterocycles. The molecule has 0 aliphatic heterocycles. The molecular weight excluding hydrogens is 737 g/mol. The fourth-order valence-electron chi connectivity index (χ4n) is 6.75. The summed E-state index contributed by atoms with van der Waals surface area (Å²) in [5.41, 5.74) is 12.0. The Morgan fingerprint density at radius 3 is 1.38 bits per heavy atom. The van der Waals surface area contributed by atoms with Crippen LogP contribution in [0.4, 0.5) is 0 Å². The van der Waals surface area contributed by atoms with Crippen molar-refractivity contribution in [1.82, 2.24) is 0 Å². The molecule has 3 aliphatic rings. The van der Waals surface area contributed by atoms with E-state index in [0.717, 1.165) is 0 Å². The molecule has 0 radical (unpaired) electrons. The summed E-state index contributed by atoms with van der Waals surface area (Å²) in [6, 6.07) is 23.7. The van der Waals surface area contributed by atoms with Crippen LogP contribution < -0.4 is 10.6 Å². The van der Waals surface area contributed by atoms with Gasteiger partial charge in [0.25, 0.3) is 0 Å². The van der Waals surface area contributed by atoms with Gasteiger partial charge in [0.2, 0.25) is 0 Å². The van der Waals surface area contributed by atoms with Gasteiger partial charge in [-0.2, -0.15) is 0 Å². The van der Waals surface area contributed by atoms with Gasteiger partial charge in [0.05, 0.1) is 0 Å². The third-order valence-corrected chi connectivity index (χ3v) is 13.9. The average Bonchev–Trinajstić information content (AvgIpc) is 2.89. The standard InChI is InChI=1S/C32H39P2.CO.2ClH.Ir/c1-19(2)33(20(3)4)27-17-11-15-25-29-23-13-9-10-14-24(23)32(30(25)27)31-26(29)16-12-18-28(31)34(21(5)6)22(7)8;1-2;;;/h9-22,29H,1-8H3;;2*1H;/q-1;;;;+3/p-2. The molecule has 0 unspecified atom stereocenters. The van der Waals surface area contributed by atoms with Crippen molar-refractivity contribution in [3.8, 4) is 0 Å². The van der Waals surface area contributed by atoms with Crippen molar-refractivity contribution in [2.75, 3.05) is 0 Å². The Hall–Kier alpha value is -0.641. The van der Waals surface area contributed by atoms with E-state index in [-0.39, 0.29) is 15.8 Å². The van der Waals surface area contributed by atoms with E-state index in [1.807, 2.05) is 0 Å². The second kappa shape index (κ2) is 14.5. The Morgan fingerprint density at radius 1 is 0.641 bits per heavy atom. The molecule has 3 aromatic carbocycles. The molecular formula is C33H39Cl2IrOP2. The average molecular weight is 777 g/mol. The summed E-state index contributed by atoms with van der Waals surface area (Å²) >= 11 is -0.556. The van der Waals surface area contributed by atoms with Crippen LogP contribution in [0.2, 0.25) is 0 Å². The summed E-state index contributed by atoms with van der Waals surface area (Å²) in [7, 11) is 9.29. The molecule has 0 fully saturated rings. The summed E-state index contributed by atoms with van der Waals surface area (Å²) in [4.78, 5) is 0. The van der Waals surface area contributed by atoms with Crippen molar-refractivity contribution in [2.45, 2.75) is 83.9 Å². The number of hydrogen-bond donors (Lipinski definition) is 0. The van der Waals surface area contributed by atoms with E-state index in [9.17, 15) is 0 Å². The molecule has 3 aliphatic carbocycles. The minimum atomic E-state index is -0.556. The van der Waals surface area contributed by atoms with Crippen LogP contribution in [-0.2, 0) is 20.3 Å². The second-order valence-electron chi connectivity index (χ2n) is 11.1. The van der Waals surface area contributed by atoms with E-state index < -0.39 is 15.7 Å². The Bertz CT molecular complexity index is 1200. The predicted octanol–water partition coefficient (Wildman–Crippen LogP) is 9.70. The van der Waals surface area contributed by atoms with Gasteiger partial charge in [0.15, 0.2) is 0 Å². The van der Waals surface area contributed by atoms with Crippen LogP contribution in [0.3, 0.4) is 0 Å². The summed E-state index contributed by atoms with van der Waals surface area (Å²) in [5, 5.41) is 3.26. The summed E-state index contributed by atoms with van der Waals surface area (Å²) < 4.78 is 7.50. The van der Waals surface area contributed by atoms with Gasteiger partial charge in [0.1, 0.15) is 0 Å². The number of benzene rings is 3. The molecule has 6 rings (SSSR count). The van der Waals surface area contributed by atoms with Crippen LogP contribution in [0.25, 0.3) is 0 Å². The molecule has 210 valence electrons. The predicted molar refractivity (Wildman–Crippen MR) is 170 cm³/mol. The van der Waals surface area contributed by atoms with Crippen LogP contribution in [0.1, 0.15) is 94.7 Å². The van der Waals surface area contributed by atoms with Crippen molar-refractivity contribution in [2.24, 2.45) is 0 Å². The summed E-state index contributed by atoms with van der Waals surface area (Å²) in [6.45, 7) is 24.0. The monoisotopic (exact) mass is 776 g/mol. The Kier molecular flexibility index (Phi) is 12.2. The molecule has 0 atom stereocenters. The zero-order valence-electron chi connectivity index (χ0n) is 24.1. The van der Waals surface area contributed by atoms with E-state index in [2.05, 4.69) is 123 Å². The Morgan fingerprint density at radius 2 is 1.00 bits per heavy atom.